The number of hydrazine groups is 1. The number of carbonyl (C=O) groups excluding carboxylic acids is 1. The summed E-state index contributed by atoms with van der Waals surface area (Å²) in [6.07, 6.45) is 0. The lowest BCUT2D eigenvalue weighted by Crippen LogP contribution is -2.47. The van der Waals surface area contributed by atoms with Crippen molar-refractivity contribution in [3.63, 3.8) is 0 Å². The summed E-state index contributed by atoms with van der Waals surface area (Å²) in [5.74, 6) is 0.240. The lowest BCUT2D eigenvalue weighted by Gasteiger charge is -2.12. The van der Waals surface area contributed by atoms with Gasteiger partial charge in [0, 0.05) is 22.5 Å². The van der Waals surface area contributed by atoms with E-state index in [9.17, 15) is 4.79 Å². The smallest absolute Gasteiger partial charge is 0.276 e. The number of aromatic nitrogens is 1. The van der Waals surface area contributed by atoms with Crippen molar-refractivity contribution in [2.75, 3.05) is 13.7 Å². The van der Waals surface area contributed by atoms with E-state index < -0.39 is 0 Å². The summed E-state index contributed by atoms with van der Waals surface area (Å²) in [6.45, 7) is -0.139. The number of hydrogen-bond donors (Lipinski definition) is 3. The van der Waals surface area contributed by atoms with Gasteiger partial charge in [-0.1, -0.05) is 46.3 Å². The number of hydrogen-bond acceptors (Lipinski definition) is 4. The molecule has 166 valence electrons. The van der Waals surface area contributed by atoms with E-state index in [1.165, 1.54) is 0 Å². The fourth-order valence-electron chi connectivity index (χ4n) is 3.30. The van der Waals surface area contributed by atoms with Crippen LogP contribution in [0.2, 0.25) is 0 Å². The number of rotatable bonds is 5. The molecule has 3 aromatic carbocycles. The molecular formula is C25H21BrN4O2S. The van der Waals surface area contributed by atoms with Crippen LogP contribution in [-0.2, 0) is 4.79 Å². The molecule has 0 atom stereocenters. The van der Waals surface area contributed by atoms with Crippen LogP contribution in [0.3, 0.4) is 0 Å². The molecule has 4 rings (SSSR count). The van der Waals surface area contributed by atoms with Gasteiger partial charge in [-0.15, -0.1) is 0 Å². The molecule has 8 heteroatoms. The van der Waals surface area contributed by atoms with Crippen LogP contribution in [0.15, 0.2) is 83.3 Å². The van der Waals surface area contributed by atoms with E-state index in [0.29, 0.717) is 10.9 Å². The summed E-state index contributed by atoms with van der Waals surface area (Å²) in [5.41, 5.74) is 9.98. The average molecular weight is 521 g/mol. The second-order valence-electron chi connectivity index (χ2n) is 7.15. The Labute approximate surface area is 205 Å². The fourth-order valence-corrected chi connectivity index (χ4v) is 3.71. The van der Waals surface area contributed by atoms with E-state index in [1.807, 2.05) is 54.6 Å². The number of nitrogens with zero attached hydrogens (tertiary/aromatic N) is 1. The van der Waals surface area contributed by atoms with Crippen molar-refractivity contribution >= 4 is 50.1 Å². The predicted molar refractivity (Wildman–Crippen MR) is 139 cm³/mol. The minimum Gasteiger partial charge on any atom is -0.484 e. The average Bonchev–Trinajstić information content (AvgIpc) is 2.86. The standard InChI is InChI=1S/C25H21BrN4O2S/c1-27-25(33)30-29-24(31)15-32-19-10-7-17(8-11-19)23-14-20(16-5-3-2-4-6-16)21-13-18(26)9-12-22(21)28-23/h2-14H,15H2,1H3,(H,29,31)(H2,27,30,33). The van der Waals surface area contributed by atoms with Gasteiger partial charge in [-0.3, -0.25) is 15.6 Å². The van der Waals surface area contributed by atoms with Gasteiger partial charge >= 0.3 is 0 Å². The molecule has 0 spiro atoms. The highest BCUT2D eigenvalue weighted by molar-refractivity contribution is 9.10. The highest BCUT2D eigenvalue weighted by Crippen LogP contribution is 2.33. The Hall–Kier alpha value is -3.49. The minimum atomic E-state index is -0.341. The first-order chi connectivity index (χ1) is 16.0. The molecule has 1 aromatic heterocycles. The van der Waals surface area contributed by atoms with Crippen molar-refractivity contribution in [2.45, 2.75) is 0 Å². The molecule has 1 amide bonds. The Morgan fingerprint density at radius 2 is 1.73 bits per heavy atom. The van der Waals surface area contributed by atoms with Crippen LogP contribution in [0.5, 0.6) is 5.75 Å². The Morgan fingerprint density at radius 1 is 0.970 bits per heavy atom. The van der Waals surface area contributed by atoms with Gasteiger partial charge in [0.15, 0.2) is 11.7 Å². The molecule has 0 saturated carbocycles. The van der Waals surface area contributed by atoms with E-state index in [0.717, 1.165) is 37.8 Å². The van der Waals surface area contributed by atoms with Crippen LogP contribution in [-0.4, -0.2) is 29.7 Å². The molecule has 33 heavy (non-hydrogen) atoms. The summed E-state index contributed by atoms with van der Waals surface area (Å²) in [6, 6.07) is 26.0. The number of amides is 1. The molecule has 0 aliphatic carbocycles. The van der Waals surface area contributed by atoms with Crippen LogP contribution < -0.4 is 20.9 Å². The van der Waals surface area contributed by atoms with Gasteiger partial charge in [-0.2, -0.15) is 0 Å². The molecule has 0 aliphatic rings. The lowest BCUT2D eigenvalue weighted by atomic mass is 9.98. The quantitative estimate of drug-likeness (QED) is 0.258. The number of thiocarbonyl (C=S) groups is 1. The topological polar surface area (TPSA) is 75.3 Å². The molecule has 4 aromatic rings. The summed E-state index contributed by atoms with van der Waals surface area (Å²) >= 11 is 8.47. The largest absolute Gasteiger partial charge is 0.484 e. The van der Waals surface area contributed by atoms with Crippen LogP contribution >= 0.6 is 28.1 Å². The zero-order valence-corrected chi connectivity index (χ0v) is 20.2. The van der Waals surface area contributed by atoms with E-state index in [4.69, 9.17) is 21.9 Å². The summed E-state index contributed by atoms with van der Waals surface area (Å²) in [4.78, 5) is 16.7. The third kappa shape index (κ3) is 5.66. The number of nitrogens with one attached hydrogen (secondary N) is 3. The zero-order valence-electron chi connectivity index (χ0n) is 17.8. The number of benzene rings is 3. The molecule has 1 heterocycles. The Balaban J connectivity index is 1.56. The highest BCUT2D eigenvalue weighted by atomic mass is 79.9. The minimum absolute atomic E-state index is 0.139. The van der Waals surface area contributed by atoms with Crippen molar-refractivity contribution in [3.05, 3.63) is 83.3 Å². The van der Waals surface area contributed by atoms with E-state index in [1.54, 1.807) is 7.05 Å². The number of ether oxygens (including phenoxy) is 1. The number of halogens is 1. The second kappa shape index (κ2) is 10.4. The molecular weight excluding hydrogens is 500 g/mol. The van der Waals surface area contributed by atoms with Crippen molar-refractivity contribution in [3.8, 4) is 28.1 Å². The van der Waals surface area contributed by atoms with Crippen LogP contribution in [0.25, 0.3) is 33.3 Å². The van der Waals surface area contributed by atoms with E-state index in [-0.39, 0.29) is 12.5 Å². The van der Waals surface area contributed by atoms with Crippen molar-refractivity contribution in [2.24, 2.45) is 0 Å². The van der Waals surface area contributed by atoms with E-state index in [2.05, 4.69) is 56.4 Å². The summed E-state index contributed by atoms with van der Waals surface area (Å²) in [5, 5.41) is 4.10. The fraction of sp³-hybridized carbons (Fsp3) is 0.0800. The predicted octanol–water partition coefficient (Wildman–Crippen LogP) is 4.84. The Morgan fingerprint density at radius 3 is 2.45 bits per heavy atom. The molecule has 6 nitrogen and oxygen atoms in total. The van der Waals surface area contributed by atoms with Gasteiger partial charge < -0.3 is 10.1 Å². The van der Waals surface area contributed by atoms with Gasteiger partial charge in [0.05, 0.1) is 11.2 Å². The second-order valence-corrected chi connectivity index (χ2v) is 8.47. The van der Waals surface area contributed by atoms with Crippen molar-refractivity contribution < 1.29 is 9.53 Å². The monoisotopic (exact) mass is 520 g/mol. The van der Waals surface area contributed by atoms with Crippen LogP contribution in [0.4, 0.5) is 0 Å². The normalized spacial score (nSPS) is 10.5. The maximum absolute atomic E-state index is 11.8. The summed E-state index contributed by atoms with van der Waals surface area (Å²) < 4.78 is 6.57. The molecule has 0 fully saturated rings. The van der Waals surface area contributed by atoms with Crippen LogP contribution in [0.1, 0.15) is 0 Å². The SMILES string of the molecule is CNC(=S)NNC(=O)COc1ccc(-c2cc(-c3ccccc3)c3cc(Br)ccc3n2)cc1. The molecule has 0 unspecified atom stereocenters. The lowest BCUT2D eigenvalue weighted by molar-refractivity contribution is -0.123. The van der Waals surface area contributed by atoms with Crippen molar-refractivity contribution in [1.29, 1.82) is 0 Å². The zero-order chi connectivity index (χ0) is 23.2. The van der Waals surface area contributed by atoms with Gasteiger partial charge in [0.2, 0.25) is 0 Å². The highest BCUT2D eigenvalue weighted by Gasteiger charge is 2.11. The van der Waals surface area contributed by atoms with Gasteiger partial charge in [-0.05, 0) is 71.9 Å². The first-order valence-corrected chi connectivity index (χ1v) is 11.4. The molecule has 0 saturated heterocycles. The first kappa shape index (κ1) is 22.7. The van der Waals surface area contributed by atoms with E-state index >= 15 is 0 Å². The maximum atomic E-state index is 11.8. The molecule has 0 radical (unpaired) electrons. The van der Waals surface area contributed by atoms with Crippen LogP contribution in [0, 0.1) is 0 Å². The van der Waals surface area contributed by atoms with Gasteiger partial charge in [-0.25, -0.2) is 4.98 Å². The molecule has 0 bridgehead atoms. The first-order valence-electron chi connectivity index (χ1n) is 10.2. The Kier molecular flexibility index (Phi) is 7.16. The third-order valence-corrected chi connectivity index (χ3v) is 5.72. The number of fused-ring (bicyclic) bond motifs is 1. The molecule has 0 aliphatic heterocycles. The van der Waals surface area contributed by atoms with Crippen molar-refractivity contribution in [1.82, 2.24) is 21.2 Å². The number of pyridine rings is 1. The number of carbonyl (C=O) groups is 1. The summed E-state index contributed by atoms with van der Waals surface area (Å²) in [7, 11) is 1.66. The maximum Gasteiger partial charge on any atom is 0.276 e. The van der Waals surface area contributed by atoms with Gasteiger partial charge in [0.1, 0.15) is 5.75 Å². The Bertz CT molecular complexity index is 1300. The van der Waals surface area contributed by atoms with Gasteiger partial charge in [0.25, 0.3) is 5.91 Å². The molecule has 3 N–H and O–H groups in total. The third-order valence-electron chi connectivity index (χ3n) is 4.92.